The molecule has 2 rings (SSSR count). The summed E-state index contributed by atoms with van der Waals surface area (Å²) in [6, 6.07) is 6.12. The molecule has 0 amide bonds. The van der Waals surface area contributed by atoms with E-state index in [1.165, 1.54) is 18.4 Å². The van der Waals surface area contributed by atoms with E-state index in [0.717, 1.165) is 43.4 Å². The number of halogens is 1. The lowest BCUT2D eigenvalue weighted by molar-refractivity contribution is 0.0216. The summed E-state index contributed by atoms with van der Waals surface area (Å²) in [4.78, 5) is 2.24. The standard InChI is InChI=1S/C16H25ClN2O/c1-3-18-11-13-7-6-9-15(17)16(13)19(2)12-14-8-4-5-10-20-14/h6-7,9,14,18H,3-5,8,10-12H2,1-2H3. The number of likely N-dealkylation sites (N-methyl/N-ethyl adjacent to an activating group) is 1. The maximum atomic E-state index is 6.41. The molecule has 1 aromatic carbocycles. The van der Waals surface area contributed by atoms with Gasteiger partial charge in [0.25, 0.3) is 0 Å². The summed E-state index contributed by atoms with van der Waals surface area (Å²) in [7, 11) is 2.11. The first-order valence-corrected chi connectivity index (χ1v) is 7.91. The van der Waals surface area contributed by atoms with E-state index in [2.05, 4.69) is 30.3 Å². The zero-order valence-electron chi connectivity index (χ0n) is 12.5. The molecule has 20 heavy (non-hydrogen) atoms. The number of nitrogens with zero attached hydrogens (tertiary/aromatic N) is 1. The van der Waals surface area contributed by atoms with Gasteiger partial charge in [-0.2, -0.15) is 0 Å². The molecule has 0 bridgehead atoms. The Balaban J connectivity index is 2.08. The van der Waals surface area contributed by atoms with Crippen LogP contribution in [-0.2, 0) is 11.3 Å². The number of benzene rings is 1. The van der Waals surface area contributed by atoms with E-state index < -0.39 is 0 Å². The first-order chi connectivity index (χ1) is 9.72. The van der Waals surface area contributed by atoms with Gasteiger partial charge in [0.05, 0.1) is 16.8 Å². The maximum Gasteiger partial charge on any atom is 0.0749 e. The van der Waals surface area contributed by atoms with Crippen molar-refractivity contribution < 1.29 is 4.74 Å². The highest BCUT2D eigenvalue weighted by atomic mass is 35.5. The van der Waals surface area contributed by atoms with Gasteiger partial charge in [0, 0.05) is 26.7 Å². The van der Waals surface area contributed by atoms with Crippen molar-refractivity contribution in [3.8, 4) is 0 Å². The third-order valence-corrected chi connectivity index (χ3v) is 4.07. The zero-order chi connectivity index (χ0) is 14.4. The van der Waals surface area contributed by atoms with Gasteiger partial charge < -0.3 is 15.0 Å². The zero-order valence-corrected chi connectivity index (χ0v) is 13.2. The lowest BCUT2D eigenvalue weighted by Gasteiger charge is -2.30. The minimum atomic E-state index is 0.331. The monoisotopic (exact) mass is 296 g/mol. The summed E-state index contributed by atoms with van der Waals surface area (Å²) in [6.45, 7) is 5.72. The van der Waals surface area contributed by atoms with E-state index in [-0.39, 0.29) is 0 Å². The Labute approximate surface area is 127 Å². The van der Waals surface area contributed by atoms with Crippen molar-refractivity contribution in [2.45, 2.75) is 38.8 Å². The molecule has 0 radical (unpaired) electrons. The van der Waals surface area contributed by atoms with Gasteiger partial charge in [-0.15, -0.1) is 0 Å². The Kier molecular flexibility index (Phi) is 6.14. The van der Waals surface area contributed by atoms with Gasteiger partial charge in [0.15, 0.2) is 0 Å². The third-order valence-electron chi connectivity index (χ3n) is 3.77. The smallest absolute Gasteiger partial charge is 0.0749 e. The van der Waals surface area contributed by atoms with Crippen molar-refractivity contribution in [3.05, 3.63) is 28.8 Å². The molecule has 0 aliphatic carbocycles. The fourth-order valence-corrected chi connectivity index (χ4v) is 3.08. The largest absolute Gasteiger partial charge is 0.376 e. The topological polar surface area (TPSA) is 24.5 Å². The predicted molar refractivity (Wildman–Crippen MR) is 85.7 cm³/mol. The van der Waals surface area contributed by atoms with Crippen molar-refractivity contribution in [2.75, 3.05) is 31.6 Å². The molecule has 1 fully saturated rings. The van der Waals surface area contributed by atoms with Gasteiger partial charge in [-0.25, -0.2) is 0 Å². The molecule has 0 spiro atoms. The SMILES string of the molecule is CCNCc1cccc(Cl)c1N(C)CC1CCCCO1. The highest BCUT2D eigenvalue weighted by Crippen LogP contribution is 2.30. The fraction of sp³-hybridized carbons (Fsp3) is 0.625. The maximum absolute atomic E-state index is 6.41. The van der Waals surface area contributed by atoms with E-state index in [4.69, 9.17) is 16.3 Å². The van der Waals surface area contributed by atoms with E-state index in [9.17, 15) is 0 Å². The highest BCUT2D eigenvalue weighted by Gasteiger charge is 2.19. The second-order valence-electron chi connectivity index (χ2n) is 5.40. The second kappa shape index (κ2) is 7.87. The molecule has 3 nitrogen and oxygen atoms in total. The quantitative estimate of drug-likeness (QED) is 0.870. The minimum Gasteiger partial charge on any atom is -0.376 e. The number of para-hydroxylation sites is 1. The van der Waals surface area contributed by atoms with Crippen LogP contribution in [0.4, 0.5) is 5.69 Å². The number of ether oxygens (including phenoxy) is 1. The molecular weight excluding hydrogens is 272 g/mol. The van der Waals surface area contributed by atoms with Gasteiger partial charge in [-0.1, -0.05) is 30.7 Å². The van der Waals surface area contributed by atoms with Crippen LogP contribution in [0.2, 0.25) is 5.02 Å². The van der Waals surface area contributed by atoms with Gasteiger partial charge in [-0.3, -0.25) is 0 Å². The number of rotatable bonds is 6. The van der Waals surface area contributed by atoms with Gasteiger partial charge in [0.1, 0.15) is 0 Å². The summed E-state index contributed by atoms with van der Waals surface area (Å²) in [6.07, 6.45) is 3.94. The van der Waals surface area contributed by atoms with E-state index in [1.54, 1.807) is 0 Å². The molecule has 1 aliphatic rings. The molecule has 1 N–H and O–H groups in total. The van der Waals surface area contributed by atoms with Crippen molar-refractivity contribution in [1.82, 2.24) is 5.32 Å². The third kappa shape index (κ3) is 4.11. The van der Waals surface area contributed by atoms with Crippen molar-refractivity contribution >= 4 is 17.3 Å². The molecule has 1 aliphatic heterocycles. The van der Waals surface area contributed by atoms with Gasteiger partial charge >= 0.3 is 0 Å². The Morgan fingerprint density at radius 2 is 2.25 bits per heavy atom. The Bertz CT molecular complexity index is 419. The van der Waals surface area contributed by atoms with Crippen LogP contribution in [0.15, 0.2) is 18.2 Å². The van der Waals surface area contributed by atoms with Crippen molar-refractivity contribution in [1.29, 1.82) is 0 Å². The summed E-state index contributed by atoms with van der Waals surface area (Å²) in [5, 5.41) is 4.19. The molecule has 1 aromatic rings. The Morgan fingerprint density at radius 3 is 2.95 bits per heavy atom. The normalized spacial score (nSPS) is 19.1. The van der Waals surface area contributed by atoms with Crippen LogP contribution >= 0.6 is 11.6 Å². The lowest BCUT2D eigenvalue weighted by atomic mass is 10.1. The molecule has 1 saturated heterocycles. The van der Waals surface area contributed by atoms with E-state index in [0.29, 0.717) is 6.10 Å². The van der Waals surface area contributed by atoms with Crippen LogP contribution in [0.3, 0.4) is 0 Å². The molecule has 1 atom stereocenters. The average molecular weight is 297 g/mol. The van der Waals surface area contributed by atoms with E-state index in [1.807, 2.05) is 12.1 Å². The number of hydrogen-bond acceptors (Lipinski definition) is 3. The van der Waals surface area contributed by atoms with Gasteiger partial charge in [0.2, 0.25) is 0 Å². The fourth-order valence-electron chi connectivity index (χ4n) is 2.74. The van der Waals surface area contributed by atoms with Crippen LogP contribution in [0.25, 0.3) is 0 Å². The number of anilines is 1. The Hall–Kier alpha value is -0.770. The van der Waals surface area contributed by atoms with E-state index >= 15 is 0 Å². The first kappa shape index (κ1) is 15.6. The Morgan fingerprint density at radius 1 is 1.40 bits per heavy atom. The van der Waals surface area contributed by atoms with Crippen molar-refractivity contribution in [3.63, 3.8) is 0 Å². The highest BCUT2D eigenvalue weighted by molar-refractivity contribution is 6.33. The minimum absolute atomic E-state index is 0.331. The molecule has 0 aromatic heterocycles. The first-order valence-electron chi connectivity index (χ1n) is 7.53. The average Bonchev–Trinajstić information content (AvgIpc) is 2.46. The number of nitrogens with one attached hydrogen (secondary N) is 1. The lowest BCUT2D eigenvalue weighted by Crippen LogP contribution is -2.34. The van der Waals surface area contributed by atoms with Crippen LogP contribution in [0.1, 0.15) is 31.7 Å². The van der Waals surface area contributed by atoms with Crippen LogP contribution in [0, 0.1) is 0 Å². The van der Waals surface area contributed by atoms with Crippen LogP contribution < -0.4 is 10.2 Å². The summed E-state index contributed by atoms with van der Waals surface area (Å²) in [5.41, 5.74) is 2.38. The molecule has 112 valence electrons. The second-order valence-corrected chi connectivity index (χ2v) is 5.80. The summed E-state index contributed by atoms with van der Waals surface area (Å²) in [5.74, 6) is 0. The molecule has 0 saturated carbocycles. The molecular formula is C16H25ClN2O. The molecule has 1 unspecified atom stereocenters. The van der Waals surface area contributed by atoms with Crippen LogP contribution in [0.5, 0.6) is 0 Å². The van der Waals surface area contributed by atoms with Gasteiger partial charge in [-0.05, 0) is 37.4 Å². The van der Waals surface area contributed by atoms with Crippen molar-refractivity contribution in [2.24, 2.45) is 0 Å². The molecule has 1 heterocycles. The summed E-state index contributed by atoms with van der Waals surface area (Å²) < 4.78 is 5.83. The van der Waals surface area contributed by atoms with Crippen LogP contribution in [-0.4, -0.2) is 32.8 Å². The molecule has 4 heteroatoms. The number of hydrogen-bond donors (Lipinski definition) is 1. The predicted octanol–water partition coefficient (Wildman–Crippen LogP) is 3.45. The summed E-state index contributed by atoms with van der Waals surface area (Å²) >= 11 is 6.41.